The molecule has 2 nitrogen and oxygen atoms in total. The van der Waals surface area contributed by atoms with Crippen LogP contribution in [-0.4, -0.2) is 0 Å². The molecule has 0 spiro atoms. The molecule has 2 aromatic carbocycles. The maximum absolute atomic E-state index is 13.3. The second-order valence-corrected chi connectivity index (χ2v) is 6.24. The van der Waals surface area contributed by atoms with Crippen molar-refractivity contribution in [3.63, 3.8) is 0 Å². The highest BCUT2D eigenvalue weighted by atomic mass is 127. The standard InChI is InChI=1S/C15H15ClFIN2/c1-9-2-4-12(17)6-11(9)8-15(20-19)10-3-5-14(18)13(16)7-10/h2-7,15,20H,8,19H2,1H3. The van der Waals surface area contributed by atoms with Crippen molar-refractivity contribution in [2.24, 2.45) is 5.84 Å². The van der Waals surface area contributed by atoms with E-state index in [0.29, 0.717) is 11.4 Å². The number of hydrazine groups is 1. The molecule has 1 unspecified atom stereocenters. The Morgan fingerprint density at radius 3 is 2.70 bits per heavy atom. The van der Waals surface area contributed by atoms with Crippen molar-refractivity contribution in [2.75, 3.05) is 0 Å². The fourth-order valence-electron chi connectivity index (χ4n) is 2.08. The number of nitrogens with two attached hydrogens (primary N) is 1. The lowest BCUT2D eigenvalue weighted by Gasteiger charge is -2.18. The van der Waals surface area contributed by atoms with E-state index in [2.05, 4.69) is 28.0 Å². The van der Waals surface area contributed by atoms with Gasteiger partial charge >= 0.3 is 0 Å². The molecule has 2 rings (SSSR count). The van der Waals surface area contributed by atoms with Gasteiger partial charge in [-0.25, -0.2) is 4.39 Å². The number of nitrogens with one attached hydrogen (secondary N) is 1. The molecule has 2 aromatic rings. The minimum atomic E-state index is -0.234. The zero-order chi connectivity index (χ0) is 14.7. The molecule has 3 N–H and O–H groups in total. The van der Waals surface area contributed by atoms with Crippen LogP contribution in [-0.2, 0) is 6.42 Å². The fourth-order valence-corrected chi connectivity index (χ4v) is 2.61. The second-order valence-electron chi connectivity index (χ2n) is 4.67. The highest BCUT2D eigenvalue weighted by Crippen LogP contribution is 2.26. The summed E-state index contributed by atoms with van der Waals surface area (Å²) in [6.45, 7) is 1.96. The van der Waals surface area contributed by atoms with Gasteiger partial charge < -0.3 is 0 Å². The molecule has 0 heterocycles. The molecule has 0 amide bonds. The average Bonchev–Trinajstić information content (AvgIpc) is 2.43. The molecule has 0 bridgehead atoms. The van der Waals surface area contributed by atoms with Crippen molar-refractivity contribution in [1.29, 1.82) is 0 Å². The molecular formula is C15H15ClFIN2. The lowest BCUT2D eigenvalue weighted by atomic mass is 9.96. The van der Waals surface area contributed by atoms with E-state index in [-0.39, 0.29) is 11.9 Å². The van der Waals surface area contributed by atoms with Crippen molar-refractivity contribution in [1.82, 2.24) is 5.43 Å². The smallest absolute Gasteiger partial charge is 0.123 e. The summed E-state index contributed by atoms with van der Waals surface area (Å²) in [6.07, 6.45) is 0.608. The summed E-state index contributed by atoms with van der Waals surface area (Å²) >= 11 is 8.31. The van der Waals surface area contributed by atoms with Crippen LogP contribution in [0, 0.1) is 16.3 Å². The van der Waals surface area contributed by atoms with Crippen LogP contribution in [0.2, 0.25) is 5.02 Å². The summed E-state index contributed by atoms with van der Waals surface area (Å²) < 4.78 is 14.3. The van der Waals surface area contributed by atoms with E-state index in [0.717, 1.165) is 20.3 Å². The van der Waals surface area contributed by atoms with E-state index >= 15 is 0 Å². The Bertz CT molecular complexity index is 619. The van der Waals surface area contributed by atoms with Crippen LogP contribution in [0.4, 0.5) is 4.39 Å². The highest BCUT2D eigenvalue weighted by Gasteiger charge is 2.13. The van der Waals surface area contributed by atoms with Crippen LogP contribution in [0.1, 0.15) is 22.7 Å². The first-order valence-corrected chi connectivity index (χ1v) is 7.63. The molecule has 0 saturated carbocycles. The second kappa shape index (κ2) is 6.85. The van der Waals surface area contributed by atoms with Gasteiger partial charge in [0, 0.05) is 3.57 Å². The van der Waals surface area contributed by atoms with Gasteiger partial charge in [0.25, 0.3) is 0 Å². The number of benzene rings is 2. The summed E-state index contributed by atoms with van der Waals surface area (Å²) in [5.41, 5.74) is 5.74. The fraction of sp³-hybridized carbons (Fsp3) is 0.200. The topological polar surface area (TPSA) is 38.0 Å². The van der Waals surface area contributed by atoms with Gasteiger partial charge in [-0.05, 0) is 76.9 Å². The van der Waals surface area contributed by atoms with Gasteiger partial charge in [-0.2, -0.15) is 0 Å². The Balaban J connectivity index is 2.28. The first-order valence-electron chi connectivity index (χ1n) is 6.17. The summed E-state index contributed by atoms with van der Waals surface area (Å²) in [5.74, 6) is 5.41. The van der Waals surface area contributed by atoms with E-state index in [1.54, 1.807) is 12.1 Å². The summed E-state index contributed by atoms with van der Waals surface area (Å²) in [5, 5.41) is 0.694. The monoisotopic (exact) mass is 404 g/mol. The van der Waals surface area contributed by atoms with Crippen LogP contribution in [0.3, 0.4) is 0 Å². The number of hydrogen-bond donors (Lipinski definition) is 2. The molecule has 0 aliphatic carbocycles. The van der Waals surface area contributed by atoms with E-state index < -0.39 is 0 Å². The van der Waals surface area contributed by atoms with E-state index in [1.807, 2.05) is 25.1 Å². The third kappa shape index (κ3) is 3.69. The summed E-state index contributed by atoms with van der Waals surface area (Å²) in [4.78, 5) is 0. The first kappa shape index (κ1) is 15.7. The third-order valence-electron chi connectivity index (χ3n) is 3.28. The zero-order valence-corrected chi connectivity index (χ0v) is 13.9. The first-order chi connectivity index (χ1) is 9.51. The largest absolute Gasteiger partial charge is 0.271 e. The maximum atomic E-state index is 13.3. The van der Waals surface area contributed by atoms with Crippen LogP contribution in [0.25, 0.3) is 0 Å². The normalized spacial score (nSPS) is 12.4. The molecule has 0 aromatic heterocycles. The van der Waals surface area contributed by atoms with E-state index in [1.165, 1.54) is 6.07 Å². The number of halogens is 3. The molecule has 0 aliphatic heterocycles. The Kier molecular flexibility index (Phi) is 5.37. The molecule has 1 atom stereocenters. The van der Waals surface area contributed by atoms with Gasteiger partial charge in [-0.3, -0.25) is 11.3 Å². The Hall–Kier alpha value is -0.690. The van der Waals surface area contributed by atoms with Gasteiger partial charge in [0.05, 0.1) is 11.1 Å². The van der Waals surface area contributed by atoms with Crippen LogP contribution in [0.5, 0.6) is 0 Å². The van der Waals surface area contributed by atoms with Gasteiger partial charge in [-0.1, -0.05) is 23.7 Å². The molecule has 0 aliphatic rings. The minimum Gasteiger partial charge on any atom is -0.271 e. The van der Waals surface area contributed by atoms with E-state index in [4.69, 9.17) is 17.4 Å². The van der Waals surface area contributed by atoms with Gasteiger partial charge in [0.15, 0.2) is 0 Å². The van der Waals surface area contributed by atoms with Gasteiger partial charge in [-0.15, -0.1) is 0 Å². The molecule has 106 valence electrons. The maximum Gasteiger partial charge on any atom is 0.123 e. The predicted molar refractivity (Wildman–Crippen MR) is 89.1 cm³/mol. The molecular weight excluding hydrogens is 390 g/mol. The Morgan fingerprint density at radius 2 is 2.05 bits per heavy atom. The van der Waals surface area contributed by atoms with Crippen LogP contribution < -0.4 is 11.3 Å². The minimum absolute atomic E-state index is 0.106. The third-order valence-corrected chi connectivity index (χ3v) is 4.85. The number of rotatable bonds is 4. The van der Waals surface area contributed by atoms with Gasteiger partial charge in [0.2, 0.25) is 0 Å². The summed E-state index contributed by atoms with van der Waals surface area (Å²) in [7, 11) is 0. The van der Waals surface area contributed by atoms with Crippen molar-refractivity contribution in [3.05, 3.63) is 67.5 Å². The molecule has 0 saturated heterocycles. The number of aryl methyl sites for hydroxylation is 1. The molecule has 0 fully saturated rings. The van der Waals surface area contributed by atoms with Crippen molar-refractivity contribution < 1.29 is 4.39 Å². The van der Waals surface area contributed by atoms with Crippen LogP contribution >= 0.6 is 34.2 Å². The zero-order valence-electron chi connectivity index (χ0n) is 11.0. The summed E-state index contributed by atoms with van der Waals surface area (Å²) in [6, 6.07) is 10.5. The van der Waals surface area contributed by atoms with Crippen molar-refractivity contribution in [2.45, 2.75) is 19.4 Å². The Morgan fingerprint density at radius 1 is 1.30 bits per heavy atom. The lowest BCUT2D eigenvalue weighted by molar-refractivity contribution is 0.547. The lowest BCUT2D eigenvalue weighted by Crippen LogP contribution is -2.29. The SMILES string of the molecule is Cc1ccc(F)cc1CC(NN)c1ccc(I)c(Cl)c1. The molecule has 0 radical (unpaired) electrons. The van der Waals surface area contributed by atoms with Crippen molar-refractivity contribution in [3.8, 4) is 0 Å². The van der Waals surface area contributed by atoms with Gasteiger partial charge in [0.1, 0.15) is 5.82 Å². The average molecular weight is 405 g/mol. The molecule has 20 heavy (non-hydrogen) atoms. The number of hydrogen-bond acceptors (Lipinski definition) is 2. The van der Waals surface area contributed by atoms with Crippen LogP contribution in [0.15, 0.2) is 36.4 Å². The molecule has 5 heteroatoms. The predicted octanol–water partition coefficient (Wildman–Crippen LogP) is 4.14. The van der Waals surface area contributed by atoms with E-state index in [9.17, 15) is 4.39 Å². The quantitative estimate of drug-likeness (QED) is 0.457. The highest BCUT2D eigenvalue weighted by molar-refractivity contribution is 14.1. The Labute approximate surface area is 136 Å². The van der Waals surface area contributed by atoms with Crippen molar-refractivity contribution >= 4 is 34.2 Å².